The highest BCUT2D eigenvalue weighted by Crippen LogP contribution is 2.14. The number of aryl methyl sites for hydroxylation is 1. The van der Waals surface area contributed by atoms with Crippen LogP contribution in [0.15, 0.2) is 39.8 Å². The molecular formula is C19H28N4O2. The summed E-state index contributed by atoms with van der Waals surface area (Å²) >= 11 is 0. The molecule has 0 fully saturated rings. The quantitative estimate of drug-likeness (QED) is 0.596. The molecule has 1 atom stereocenters. The molecule has 0 aliphatic carbocycles. The highest BCUT2D eigenvalue weighted by atomic mass is 16.5. The Kier molecular flexibility index (Phi) is 6.86. The first-order valence-electron chi connectivity index (χ1n) is 8.61. The van der Waals surface area contributed by atoms with Gasteiger partial charge in [-0.3, -0.25) is 4.99 Å². The Bertz CT molecular complexity index is 694. The molecule has 6 heteroatoms. The topological polar surface area (TPSA) is 71.7 Å². The van der Waals surface area contributed by atoms with Crippen LogP contribution in [0.1, 0.15) is 43.7 Å². The average Bonchev–Trinajstić information content (AvgIpc) is 3.04. The number of nitrogens with one attached hydrogen (secondary N) is 2. The highest BCUT2D eigenvalue weighted by molar-refractivity contribution is 5.79. The van der Waals surface area contributed by atoms with Crippen LogP contribution in [0.25, 0.3) is 0 Å². The van der Waals surface area contributed by atoms with Gasteiger partial charge in [-0.05, 0) is 37.5 Å². The summed E-state index contributed by atoms with van der Waals surface area (Å²) < 4.78 is 11.2. The van der Waals surface area contributed by atoms with Gasteiger partial charge in [-0.15, -0.1) is 0 Å². The molecule has 0 saturated carbocycles. The van der Waals surface area contributed by atoms with E-state index in [1.54, 1.807) is 7.05 Å². The van der Waals surface area contributed by atoms with E-state index in [0.717, 1.165) is 17.2 Å². The molecule has 0 radical (unpaired) electrons. The van der Waals surface area contributed by atoms with Gasteiger partial charge in [-0.2, -0.15) is 0 Å². The first-order chi connectivity index (χ1) is 12.0. The van der Waals surface area contributed by atoms with E-state index in [1.165, 1.54) is 5.56 Å². The van der Waals surface area contributed by atoms with Crippen LogP contribution >= 0.6 is 0 Å². The van der Waals surface area contributed by atoms with Crippen molar-refractivity contribution in [1.82, 2.24) is 15.8 Å². The largest absolute Gasteiger partial charge is 0.489 e. The van der Waals surface area contributed by atoms with Gasteiger partial charge in [-0.1, -0.05) is 31.1 Å². The Morgan fingerprint density at radius 1 is 1.24 bits per heavy atom. The smallest absolute Gasteiger partial charge is 0.191 e. The van der Waals surface area contributed by atoms with Crippen molar-refractivity contribution in [1.29, 1.82) is 0 Å². The number of nitrogens with zero attached hydrogens (tertiary/aromatic N) is 2. The van der Waals surface area contributed by atoms with Crippen molar-refractivity contribution in [3.63, 3.8) is 0 Å². The van der Waals surface area contributed by atoms with Gasteiger partial charge >= 0.3 is 0 Å². The lowest BCUT2D eigenvalue weighted by molar-refractivity contribution is 0.223. The number of aliphatic imine (C=N–C) groups is 1. The predicted molar refractivity (Wildman–Crippen MR) is 100 cm³/mol. The van der Waals surface area contributed by atoms with Crippen molar-refractivity contribution in [3.05, 3.63) is 47.3 Å². The van der Waals surface area contributed by atoms with Crippen molar-refractivity contribution < 1.29 is 9.26 Å². The summed E-state index contributed by atoms with van der Waals surface area (Å²) in [7, 11) is 1.74. The maximum absolute atomic E-state index is 5.91. The highest BCUT2D eigenvalue weighted by Gasteiger charge is 2.09. The Morgan fingerprint density at radius 3 is 2.68 bits per heavy atom. The Labute approximate surface area is 149 Å². The Hall–Kier alpha value is -2.50. The van der Waals surface area contributed by atoms with E-state index in [0.29, 0.717) is 25.0 Å². The first kappa shape index (κ1) is 18.8. The lowest BCUT2D eigenvalue weighted by Gasteiger charge is -2.17. The van der Waals surface area contributed by atoms with Crippen LogP contribution in [0.4, 0.5) is 0 Å². The molecule has 0 bridgehead atoms. The molecule has 1 aromatic carbocycles. The SMILES string of the molecule is CN=C(NCc1cc(C(C)C)no1)NCC(C)Oc1cccc(C)c1. The van der Waals surface area contributed by atoms with Gasteiger partial charge in [0.15, 0.2) is 11.7 Å². The van der Waals surface area contributed by atoms with Crippen molar-refractivity contribution in [2.24, 2.45) is 4.99 Å². The van der Waals surface area contributed by atoms with Gasteiger partial charge in [-0.25, -0.2) is 0 Å². The van der Waals surface area contributed by atoms with Crippen LogP contribution < -0.4 is 15.4 Å². The van der Waals surface area contributed by atoms with Crippen LogP contribution in [0.5, 0.6) is 5.75 Å². The van der Waals surface area contributed by atoms with Crippen LogP contribution in [-0.2, 0) is 6.54 Å². The fourth-order valence-corrected chi connectivity index (χ4v) is 2.28. The minimum Gasteiger partial charge on any atom is -0.489 e. The molecule has 2 rings (SSSR count). The van der Waals surface area contributed by atoms with Crippen LogP contribution in [0.3, 0.4) is 0 Å². The summed E-state index contributed by atoms with van der Waals surface area (Å²) in [5.41, 5.74) is 2.14. The summed E-state index contributed by atoms with van der Waals surface area (Å²) in [6.07, 6.45) is 0.0122. The molecule has 0 amide bonds. The standard InChI is InChI=1S/C19H28N4O2/c1-13(2)18-10-17(25-23-18)12-22-19(20-5)21-11-15(4)24-16-8-6-7-14(3)9-16/h6-10,13,15H,11-12H2,1-5H3,(H2,20,21,22). The van der Waals surface area contributed by atoms with Crippen LogP contribution in [0, 0.1) is 6.92 Å². The van der Waals surface area contributed by atoms with E-state index < -0.39 is 0 Å². The van der Waals surface area contributed by atoms with E-state index in [1.807, 2.05) is 31.2 Å². The number of ether oxygens (including phenoxy) is 1. The molecule has 0 aliphatic rings. The number of benzene rings is 1. The molecule has 1 aromatic heterocycles. The third kappa shape index (κ3) is 6.14. The van der Waals surface area contributed by atoms with Crippen molar-refractivity contribution in [3.8, 4) is 5.75 Å². The second-order valence-corrected chi connectivity index (χ2v) is 6.42. The van der Waals surface area contributed by atoms with Crippen LogP contribution in [0.2, 0.25) is 0 Å². The lowest BCUT2D eigenvalue weighted by Crippen LogP contribution is -2.41. The molecule has 1 heterocycles. The van der Waals surface area contributed by atoms with Gasteiger partial charge in [0.05, 0.1) is 18.8 Å². The molecule has 1 unspecified atom stereocenters. The molecule has 2 N–H and O–H groups in total. The molecule has 25 heavy (non-hydrogen) atoms. The van der Waals surface area contributed by atoms with Gasteiger partial charge in [0.2, 0.25) is 0 Å². The van der Waals surface area contributed by atoms with Gasteiger partial charge in [0.25, 0.3) is 0 Å². The zero-order chi connectivity index (χ0) is 18.2. The third-order valence-electron chi connectivity index (χ3n) is 3.71. The van der Waals surface area contributed by atoms with E-state index in [9.17, 15) is 0 Å². The molecule has 136 valence electrons. The summed E-state index contributed by atoms with van der Waals surface area (Å²) in [5, 5.41) is 10.5. The summed E-state index contributed by atoms with van der Waals surface area (Å²) in [6.45, 7) is 9.42. The maximum atomic E-state index is 5.91. The maximum Gasteiger partial charge on any atom is 0.191 e. The number of aromatic nitrogens is 1. The number of hydrogen-bond acceptors (Lipinski definition) is 4. The normalized spacial score (nSPS) is 13.0. The minimum absolute atomic E-state index is 0.0122. The molecular weight excluding hydrogens is 316 g/mol. The van der Waals surface area contributed by atoms with Crippen molar-refractivity contribution >= 4 is 5.96 Å². The average molecular weight is 344 g/mol. The Morgan fingerprint density at radius 2 is 2.04 bits per heavy atom. The second kappa shape index (κ2) is 9.11. The van der Waals surface area contributed by atoms with Crippen LogP contribution in [-0.4, -0.2) is 30.8 Å². The third-order valence-corrected chi connectivity index (χ3v) is 3.71. The van der Waals surface area contributed by atoms with E-state index in [-0.39, 0.29) is 6.10 Å². The minimum atomic E-state index is 0.0122. The van der Waals surface area contributed by atoms with Gasteiger partial charge in [0, 0.05) is 13.1 Å². The molecule has 0 spiro atoms. The fourth-order valence-electron chi connectivity index (χ4n) is 2.28. The monoisotopic (exact) mass is 344 g/mol. The second-order valence-electron chi connectivity index (χ2n) is 6.42. The number of hydrogen-bond donors (Lipinski definition) is 2. The van der Waals surface area contributed by atoms with Crippen molar-refractivity contribution in [2.45, 2.75) is 46.3 Å². The van der Waals surface area contributed by atoms with Crippen molar-refractivity contribution in [2.75, 3.05) is 13.6 Å². The summed E-state index contributed by atoms with van der Waals surface area (Å²) in [6, 6.07) is 10.0. The van der Waals surface area contributed by atoms with E-state index in [4.69, 9.17) is 9.26 Å². The molecule has 0 aliphatic heterocycles. The molecule has 0 saturated heterocycles. The summed E-state index contributed by atoms with van der Waals surface area (Å²) in [5.74, 6) is 2.72. The molecule has 2 aromatic rings. The fraction of sp³-hybridized carbons (Fsp3) is 0.474. The number of guanidine groups is 1. The van der Waals surface area contributed by atoms with E-state index in [2.05, 4.69) is 47.6 Å². The molecule has 6 nitrogen and oxygen atoms in total. The first-order valence-corrected chi connectivity index (χ1v) is 8.61. The number of rotatable bonds is 7. The lowest BCUT2D eigenvalue weighted by atomic mass is 10.1. The van der Waals surface area contributed by atoms with E-state index >= 15 is 0 Å². The zero-order valence-electron chi connectivity index (χ0n) is 15.7. The summed E-state index contributed by atoms with van der Waals surface area (Å²) in [4.78, 5) is 4.21. The Balaban J connectivity index is 1.77. The van der Waals surface area contributed by atoms with Gasteiger partial charge < -0.3 is 19.9 Å². The zero-order valence-corrected chi connectivity index (χ0v) is 15.7. The predicted octanol–water partition coefficient (Wildman–Crippen LogP) is 3.24. The van der Waals surface area contributed by atoms with Gasteiger partial charge in [0.1, 0.15) is 11.9 Å².